The van der Waals surface area contributed by atoms with Crippen molar-refractivity contribution in [3.63, 3.8) is 0 Å². The summed E-state index contributed by atoms with van der Waals surface area (Å²) in [6.07, 6.45) is 3.69. The van der Waals surface area contributed by atoms with Crippen LogP contribution in [-0.2, 0) is 20.7 Å². The van der Waals surface area contributed by atoms with E-state index < -0.39 is 14.5 Å². The van der Waals surface area contributed by atoms with E-state index in [-0.39, 0.29) is 48.4 Å². The zero-order valence-electron chi connectivity index (χ0n) is 24.3. The number of hydrogen-bond acceptors (Lipinski definition) is 5. The molecule has 0 spiro atoms. The zero-order chi connectivity index (χ0) is 29.1. The number of aryl methyl sites for hydroxylation is 1. The van der Waals surface area contributed by atoms with Crippen LogP contribution in [-0.4, -0.2) is 67.3 Å². The summed E-state index contributed by atoms with van der Waals surface area (Å²) in [7, 11) is -3.11. The van der Waals surface area contributed by atoms with E-state index >= 15 is 4.11 Å². The van der Waals surface area contributed by atoms with Crippen molar-refractivity contribution in [2.75, 3.05) is 18.2 Å². The second kappa shape index (κ2) is 12.5. The quantitative estimate of drug-likeness (QED) is 0.316. The van der Waals surface area contributed by atoms with Gasteiger partial charge in [-0.2, -0.15) is 5.10 Å². The molecule has 0 aromatic heterocycles. The maximum atomic E-state index is 15.6. The van der Waals surface area contributed by atoms with Gasteiger partial charge in [-0.15, -0.1) is 0 Å². The standard InChI is InChI=1S/C32H42FN3O4Si/c1-22-28(40-29(32(22)41(2,3)33)20-31(39)35-18-8-13-26(35)21-37)16-14-23-9-7-12-25(19-23)36-30(38)17-15-27(34-36)24-10-5-4-6-11-24/h4-7,9-12,19,22,26,28-29,32,37H,8,13-18,20-21H2,1-3H3/t22-,26-,28+,29-,32+/m0/s1. The molecular formula is C32H42FN3O4Si. The minimum atomic E-state index is -3.11. The molecule has 2 saturated heterocycles. The summed E-state index contributed by atoms with van der Waals surface area (Å²) in [4.78, 5) is 27.7. The summed E-state index contributed by atoms with van der Waals surface area (Å²) in [5.74, 6) is -0.0740. The van der Waals surface area contributed by atoms with E-state index in [1.807, 2.05) is 54.6 Å². The molecule has 2 aromatic carbocycles. The Morgan fingerprint density at radius 2 is 1.90 bits per heavy atom. The smallest absolute Gasteiger partial charge is 0.247 e. The van der Waals surface area contributed by atoms with Crippen molar-refractivity contribution >= 4 is 31.6 Å². The van der Waals surface area contributed by atoms with Crippen molar-refractivity contribution in [1.29, 1.82) is 0 Å². The topological polar surface area (TPSA) is 82.4 Å². The highest BCUT2D eigenvalue weighted by Gasteiger charge is 2.52. The second-order valence-electron chi connectivity index (χ2n) is 12.3. The number of likely N-dealkylation sites (tertiary alicyclic amines) is 1. The average Bonchev–Trinajstić information content (AvgIpc) is 3.56. The fourth-order valence-corrected chi connectivity index (χ4v) is 9.51. The molecule has 5 atom stereocenters. The first kappa shape index (κ1) is 29.6. The Labute approximate surface area is 243 Å². The molecule has 2 aromatic rings. The first-order valence-electron chi connectivity index (χ1n) is 14.9. The molecule has 0 bridgehead atoms. The highest BCUT2D eigenvalue weighted by atomic mass is 28.4. The van der Waals surface area contributed by atoms with Crippen LogP contribution >= 0.6 is 0 Å². The van der Waals surface area contributed by atoms with Gasteiger partial charge in [0.15, 0.2) is 0 Å². The van der Waals surface area contributed by atoms with Crippen LogP contribution in [0.5, 0.6) is 0 Å². The predicted molar refractivity (Wildman–Crippen MR) is 161 cm³/mol. The van der Waals surface area contributed by atoms with Crippen molar-refractivity contribution in [2.45, 2.75) is 88.8 Å². The molecular weight excluding hydrogens is 537 g/mol. The average molecular weight is 580 g/mol. The van der Waals surface area contributed by atoms with Crippen molar-refractivity contribution < 1.29 is 23.5 Å². The number of benzene rings is 2. The number of carbonyl (C=O) groups excluding carboxylic acids is 2. The third kappa shape index (κ3) is 6.63. The Hall–Kier alpha value is -2.88. The lowest BCUT2D eigenvalue weighted by Crippen LogP contribution is -2.42. The van der Waals surface area contributed by atoms with Crippen LogP contribution in [0.2, 0.25) is 18.6 Å². The van der Waals surface area contributed by atoms with E-state index in [4.69, 9.17) is 9.84 Å². The monoisotopic (exact) mass is 579 g/mol. The van der Waals surface area contributed by atoms with Gasteiger partial charge in [-0.3, -0.25) is 9.59 Å². The maximum Gasteiger partial charge on any atom is 0.247 e. The number of carbonyl (C=O) groups is 2. The lowest BCUT2D eigenvalue weighted by Gasteiger charge is -2.30. The largest absolute Gasteiger partial charge is 0.394 e. The van der Waals surface area contributed by atoms with Gasteiger partial charge in [-0.1, -0.05) is 49.4 Å². The minimum absolute atomic E-state index is 0.00318. The van der Waals surface area contributed by atoms with Gasteiger partial charge in [0.25, 0.3) is 0 Å². The van der Waals surface area contributed by atoms with Gasteiger partial charge >= 0.3 is 0 Å². The third-order valence-corrected chi connectivity index (χ3v) is 11.5. The van der Waals surface area contributed by atoms with Crippen LogP contribution in [0.1, 0.15) is 56.6 Å². The molecule has 1 N–H and O–H groups in total. The highest BCUT2D eigenvalue weighted by molar-refractivity contribution is 6.72. The number of hydrogen-bond donors (Lipinski definition) is 1. The molecule has 220 valence electrons. The molecule has 3 heterocycles. The van der Waals surface area contributed by atoms with Gasteiger partial charge in [0.05, 0.1) is 42.7 Å². The highest BCUT2D eigenvalue weighted by Crippen LogP contribution is 2.47. The molecule has 0 aliphatic carbocycles. The number of rotatable bonds is 9. The van der Waals surface area contributed by atoms with Gasteiger partial charge in [0, 0.05) is 24.9 Å². The fourth-order valence-electron chi connectivity index (χ4n) is 6.96. The molecule has 9 heteroatoms. The number of aliphatic hydroxyl groups excluding tert-OH is 1. The first-order valence-corrected chi connectivity index (χ1v) is 17.9. The number of aliphatic hydroxyl groups is 1. The molecule has 5 rings (SSSR count). The van der Waals surface area contributed by atoms with Crippen LogP contribution in [0.3, 0.4) is 0 Å². The molecule has 41 heavy (non-hydrogen) atoms. The van der Waals surface area contributed by atoms with Gasteiger partial charge in [0.1, 0.15) is 0 Å². The van der Waals surface area contributed by atoms with Crippen molar-refractivity contribution in [3.05, 3.63) is 65.7 Å². The number of halogens is 1. The van der Waals surface area contributed by atoms with Crippen molar-refractivity contribution in [3.8, 4) is 0 Å². The lowest BCUT2D eigenvalue weighted by atomic mass is 9.95. The fraction of sp³-hybridized carbons (Fsp3) is 0.531. The van der Waals surface area contributed by atoms with Gasteiger partial charge in [-0.05, 0) is 68.0 Å². The number of anilines is 1. The van der Waals surface area contributed by atoms with Crippen LogP contribution in [0, 0.1) is 5.92 Å². The number of hydrazone groups is 1. The van der Waals surface area contributed by atoms with E-state index in [2.05, 4.69) is 6.92 Å². The second-order valence-corrected chi connectivity index (χ2v) is 16.1. The Morgan fingerprint density at radius 3 is 2.63 bits per heavy atom. The molecule has 3 aliphatic heterocycles. The predicted octanol–water partition coefficient (Wildman–Crippen LogP) is 5.47. The molecule has 0 saturated carbocycles. The summed E-state index contributed by atoms with van der Waals surface area (Å²) in [5, 5.41) is 15.9. The van der Waals surface area contributed by atoms with Crippen molar-refractivity contribution in [2.24, 2.45) is 11.0 Å². The Kier molecular flexibility index (Phi) is 9.06. The lowest BCUT2D eigenvalue weighted by molar-refractivity contribution is -0.135. The number of ether oxygens (including phenoxy) is 1. The molecule has 0 unspecified atom stereocenters. The normalized spacial score (nSPS) is 26.9. The third-order valence-electron chi connectivity index (χ3n) is 8.99. The summed E-state index contributed by atoms with van der Waals surface area (Å²) < 4.78 is 22.1. The summed E-state index contributed by atoms with van der Waals surface area (Å²) in [6.45, 7) is 6.09. The van der Waals surface area contributed by atoms with Gasteiger partial charge in [0.2, 0.25) is 20.2 Å². The molecule has 2 amide bonds. The molecule has 2 fully saturated rings. The first-order chi connectivity index (χ1) is 19.7. The van der Waals surface area contributed by atoms with E-state index in [1.165, 1.54) is 5.01 Å². The molecule has 7 nitrogen and oxygen atoms in total. The van der Waals surface area contributed by atoms with Crippen LogP contribution < -0.4 is 5.01 Å². The van der Waals surface area contributed by atoms with Crippen molar-refractivity contribution in [1.82, 2.24) is 4.90 Å². The van der Waals surface area contributed by atoms with E-state index in [0.29, 0.717) is 32.2 Å². The zero-order valence-corrected chi connectivity index (χ0v) is 25.3. The van der Waals surface area contributed by atoms with Gasteiger partial charge in [-0.25, -0.2) is 5.01 Å². The Morgan fingerprint density at radius 1 is 1.12 bits per heavy atom. The minimum Gasteiger partial charge on any atom is -0.394 e. The maximum absolute atomic E-state index is 15.6. The Bertz CT molecular complexity index is 1270. The van der Waals surface area contributed by atoms with Crippen LogP contribution in [0.4, 0.5) is 9.80 Å². The summed E-state index contributed by atoms with van der Waals surface area (Å²) in [5.41, 5.74) is 3.45. The van der Waals surface area contributed by atoms with Crippen LogP contribution in [0.25, 0.3) is 0 Å². The summed E-state index contributed by atoms with van der Waals surface area (Å²) in [6, 6.07) is 17.7. The molecule has 3 aliphatic rings. The van der Waals surface area contributed by atoms with E-state index in [0.717, 1.165) is 35.4 Å². The van der Waals surface area contributed by atoms with E-state index in [9.17, 15) is 14.7 Å². The van der Waals surface area contributed by atoms with Crippen LogP contribution in [0.15, 0.2) is 59.7 Å². The van der Waals surface area contributed by atoms with Gasteiger partial charge < -0.3 is 18.9 Å². The molecule has 0 radical (unpaired) electrons. The number of amides is 2. The summed E-state index contributed by atoms with van der Waals surface area (Å²) >= 11 is 0. The Balaban J connectivity index is 1.27. The SMILES string of the molecule is C[C@@H]1[C@@H]([Si](C)(C)F)[C@H](CC(=O)N2CCC[C@H]2CO)O[C@@H]1CCc1cccc(N2N=C(c3ccccc3)CCC2=O)c1. The van der Waals surface area contributed by atoms with E-state index in [1.54, 1.807) is 18.0 Å². The number of nitrogens with zero attached hydrogens (tertiary/aromatic N) is 3.